The molecule has 3 aromatic rings. The molecule has 2 aromatic heterocycles. The van der Waals surface area contributed by atoms with Crippen molar-refractivity contribution in [3.8, 4) is 5.75 Å². The Morgan fingerprint density at radius 1 is 1.19 bits per heavy atom. The molecule has 0 bridgehead atoms. The van der Waals surface area contributed by atoms with E-state index >= 15 is 0 Å². The van der Waals surface area contributed by atoms with Gasteiger partial charge in [-0.2, -0.15) is 0 Å². The minimum atomic E-state index is -0.576. The fourth-order valence-corrected chi connectivity index (χ4v) is 4.48. The topological polar surface area (TPSA) is 70.4 Å². The van der Waals surface area contributed by atoms with Crippen molar-refractivity contribution < 1.29 is 23.5 Å². The second-order valence-corrected chi connectivity index (χ2v) is 8.73. The monoisotopic (exact) mass is 442 g/mol. The van der Waals surface area contributed by atoms with Crippen molar-refractivity contribution in [2.24, 2.45) is 0 Å². The Morgan fingerprint density at radius 3 is 2.58 bits per heavy atom. The normalized spacial score (nSPS) is 13.3. The van der Waals surface area contributed by atoms with Crippen molar-refractivity contribution in [3.05, 3.63) is 68.7 Å². The lowest BCUT2D eigenvalue weighted by Gasteiger charge is -2.07. The van der Waals surface area contributed by atoms with E-state index in [-0.39, 0.29) is 24.8 Å². The van der Waals surface area contributed by atoms with Crippen molar-refractivity contribution in [1.82, 2.24) is 9.55 Å². The van der Waals surface area contributed by atoms with Crippen molar-refractivity contribution in [2.75, 3.05) is 6.61 Å². The molecular weight excluding hydrogens is 419 g/mol. The smallest absolute Gasteiger partial charge is 0.350 e. The minimum absolute atomic E-state index is 0.149. The number of benzene rings is 1. The number of aryl methyl sites for hydroxylation is 2. The highest BCUT2D eigenvalue weighted by atomic mass is 32.1. The summed E-state index contributed by atoms with van der Waals surface area (Å²) >= 11 is 1.16. The summed E-state index contributed by atoms with van der Waals surface area (Å²) in [7, 11) is 0. The van der Waals surface area contributed by atoms with Crippen LogP contribution in [0.3, 0.4) is 0 Å². The molecule has 31 heavy (non-hydrogen) atoms. The van der Waals surface area contributed by atoms with Gasteiger partial charge in [-0.15, -0.1) is 11.3 Å². The molecule has 1 aliphatic rings. The molecule has 162 valence electrons. The highest BCUT2D eigenvalue weighted by Crippen LogP contribution is 2.38. The molecule has 0 aliphatic heterocycles. The van der Waals surface area contributed by atoms with Gasteiger partial charge >= 0.3 is 5.97 Å². The SMILES string of the molecule is Cc1nc(COc2ccc(F)cc2)sc1C(=O)OCC(=O)c1cc(C)n(C2CC2)c1C. The summed E-state index contributed by atoms with van der Waals surface area (Å²) in [6.07, 6.45) is 2.27. The van der Waals surface area contributed by atoms with Gasteiger partial charge in [0.05, 0.1) is 5.69 Å². The molecule has 8 heteroatoms. The number of esters is 1. The molecule has 2 heterocycles. The average Bonchev–Trinajstić information content (AvgIpc) is 3.43. The molecule has 0 N–H and O–H groups in total. The molecule has 4 rings (SSSR count). The molecule has 1 saturated carbocycles. The predicted octanol–water partition coefficient (Wildman–Crippen LogP) is 4.96. The highest BCUT2D eigenvalue weighted by Gasteiger charge is 2.28. The number of hydrogen-bond acceptors (Lipinski definition) is 6. The van der Waals surface area contributed by atoms with Crippen LogP contribution < -0.4 is 4.74 Å². The third kappa shape index (κ3) is 4.69. The Kier molecular flexibility index (Phi) is 5.91. The van der Waals surface area contributed by atoms with Gasteiger partial charge in [-0.05, 0) is 63.9 Å². The number of Topliss-reactive ketones (excluding diaryl/α,β-unsaturated/α-hetero) is 1. The molecule has 1 aliphatic carbocycles. The van der Waals surface area contributed by atoms with Crippen molar-refractivity contribution in [3.63, 3.8) is 0 Å². The summed E-state index contributed by atoms with van der Waals surface area (Å²) in [5.41, 5.74) is 3.10. The Labute approximate surface area is 183 Å². The molecule has 6 nitrogen and oxygen atoms in total. The van der Waals surface area contributed by atoms with Gasteiger partial charge in [0.2, 0.25) is 5.78 Å². The number of rotatable bonds is 8. The Bertz CT molecular complexity index is 1130. The molecule has 0 amide bonds. The Balaban J connectivity index is 1.36. The molecular formula is C23H23FN2O4S. The average molecular weight is 443 g/mol. The summed E-state index contributed by atoms with van der Waals surface area (Å²) < 4.78 is 26.0. The molecule has 0 spiro atoms. The van der Waals surface area contributed by atoms with E-state index in [2.05, 4.69) is 9.55 Å². The van der Waals surface area contributed by atoms with Crippen LogP contribution in [0.1, 0.15) is 61.0 Å². The van der Waals surface area contributed by atoms with Crippen LogP contribution in [0.5, 0.6) is 5.75 Å². The van der Waals surface area contributed by atoms with Gasteiger partial charge in [0, 0.05) is 23.0 Å². The van der Waals surface area contributed by atoms with Crippen LogP contribution in [0.4, 0.5) is 4.39 Å². The number of hydrogen-bond donors (Lipinski definition) is 0. The molecule has 0 unspecified atom stereocenters. The number of nitrogens with zero attached hydrogens (tertiary/aromatic N) is 2. The molecule has 0 atom stereocenters. The highest BCUT2D eigenvalue weighted by molar-refractivity contribution is 7.13. The third-order valence-corrected chi connectivity index (χ3v) is 6.34. The third-order valence-electron chi connectivity index (χ3n) is 5.23. The first-order valence-corrected chi connectivity index (χ1v) is 10.9. The minimum Gasteiger partial charge on any atom is -0.486 e. The first-order chi connectivity index (χ1) is 14.8. The number of carbonyl (C=O) groups excluding carboxylic acids is 2. The van der Waals surface area contributed by atoms with Crippen LogP contribution in [0.2, 0.25) is 0 Å². The van der Waals surface area contributed by atoms with E-state index in [4.69, 9.17) is 9.47 Å². The predicted molar refractivity (Wildman–Crippen MR) is 114 cm³/mol. The summed E-state index contributed by atoms with van der Waals surface area (Å²) in [4.78, 5) is 29.8. The maximum atomic E-state index is 13.0. The second-order valence-electron chi connectivity index (χ2n) is 7.65. The molecule has 0 radical (unpaired) electrons. The fourth-order valence-electron chi connectivity index (χ4n) is 3.61. The van der Waals surface area contributed by atoms with Gasteiger partial charge in [-0.1, -0.05) is 0 Å². The zero-order valence-electron chi connectivity index (χ0n) is 17.6. The number of ketones is 1. The van der Waals surface area contributed by atoms with Crippen LogP contribution in [-0.4, -0.2) is 27.9 Å². The summed E-state index contributed by atoms with van der Waals surface area (Å²) in [6.45, 7) is 5.47. The summed E-state index contributed by atoms with van der Waals surface area (Å²) in [6, 6.07) is 8.02. The number of carbonyl (C=O) groups is 2. The van der Waals surface area contributed by atoms with E-state index in [1.165, 1.54) is 24.3 Å². The largest absolute Gasteiger partial charge is 0.486 e. The lowest BCUT2D eigenvalue weighted by Crippen LogP contribution is -2.15. The van der Waals surface area contributed by atoms with E-state index in [1.807, 2.05) is 19.9 Å². The standard InChI is InChI=1S/C23H23FN2O4S/c1-13-10-19(15(3)26(13)17-6-7-17)20(27)11-30-23(28)22-14(2)25-21(31-22)12-29-18-8-4-16(24)5-9-18/h4-5,8-10,17H,6-7,11-12H2,1-3H3. The Morgan fingerprint density at radius 2 is 1.90 bits per heavy atom. The van der Waals surface area contributed by atoms with E-state index in [1.54, 1.807) is 6.92 Å². The fraction of sp³-hybridized carbons (Fsp3) is 0.348. The molecule has 1 aromatic carbocycles. The zero-order chi connectivity index (χ0) is 22.1. The maximum absolute atomic E-state index is 13.0. The lowest BCUT2D eigenvalue weighted by molar-refractivity contribution is 0.0478. The number of thiazole rings is 1. The molecule has 0 saturated heterocycles. The van der Waals surface area contributed by atoms with Gasteiger partial charge in [0.25, 0.3) is 0 Å². The van der Waals surface area contributed by atoms with Gasteiger partial charge in [0.15, 0.2) is 6.61 Å². The second kappa shape index (κ2) is 8.63. The van der Waals surface area contributed by atoms with Crippen LogP contribution in [-0.2, 0) is 11.3 Å². The first-order valence-electron chi connectivity index (χ1n) is 10.1. The van der Waals surface area contributed by atoms with Crippen molar-refractivity contribution in [1.29, 1.82) is 0 Å². The quantitative estimate of drug-likeness (QED) is 0.364. The van der Waals surface area contributed by atoms with E-state index in [0.717, 1.165) is 35.6 Å². The van der Waals surface area contributed by atoms with Gasteiger partial charge in [0.1, 0.15) is 28.1 Å². The number of halogens is 1. The van der Waals surface area contributed by atoms with Gasteiger partial charge in [-0.25, -0.2) is 14.2 Å². The summed E-state index contributed by atoms with van der Waals surface area (Å²) in [5.74, 6) is -0.623. The first kappa shape index (κ1) is 21.2. The van der Waals surface area contributed by atoms with Crippen molar-refractivity contribution >= 4 is 23.1 Å². The van der Waals surface area contributed by atoms with Gasteiger partial charge < -0.3 is 14.0 Å². The van der Waals surface area contributed by atoms with E-state index in [0.29, 0.717) is 32.9 Å². The van der Waals surface area contributed by atoms with Gasteiger partial charge in [-0.3, -0.25) is 4.79 Å². The van der Waals surface area contributed by atoms with E-state index < -0.39 is 5.97 Å². The Hall–Kier alpha value is -3.00. The van der Waals surface area contributed by atoms with E-state index in [9.17, 15) is 14.0 Å². The van der Waals surface area contributed by atoms with Crippen LogP contribution >= 0.6 is 11.3 Å². The van der Waals surface area contributed by atoms with Crippen LogP contribution in [0.15, 0.2) is 30.3 Å². The zero-order valence-corrected chi connectivity index (χ0v) is 18.4. The molecule has 1 fully saturated rings. The summed E-state index contributed by atoms with van der Waals surface area (Å²) in [5, 5.41) is 0.591. The van der Waals surface area contributed by atoms with Crippen LogP contribution in [0.25, 0.3) is 0 Å². The lowest BCUT2D eigenvalue weighted by atomic mass is 10.1. The number of aromatic nitrogens is 2. The number of ether oxygens (including phenoxy) is 2. The van der Waals surface area contributed by atoms with Crippen LogP contribution in [0, 0.1) is 26.6 Å². The maximum Gasteiger partial charge on any atom is 0.350 e. The van der Waals surface area contributed by atoms with Crippen molar-refractivity contribution in [2.45, 2.75) is 46.3 Å².